The second kappa shape index (κ2) is 11.1. The largest absolute Gasteiger partial charge is 0.356 e. The highest BCUT2D eigenvalue weighted by Crippen LogP contribution is 2.27. The Morgan fingerprint density at radius 2 is 1.87 bits per heavy atom. The summed E-state index contributed by atoms with van der Waals surface area (Å²) in [5, 5.41) is 4.63. The summed E-state index contributed by atoms with van der Waals surface area (Å²) >= 11 is 6.22. The van der Waals surface area contributed by atoms with Gasteiger partial charge in [0.2, 0.25) is 5.91 Å². The molecule has 31 heavy (non-hydrogen) atoms. The zero-order valence-corrected chi connectivity index (χ0v) is 19.3. The Morgan fingerprint density at radius 1 is 1.10 bits per heavy atom. The second-order valence-corrected chi connectivity index (χ2v) is 8.59. The van der Waals surface area contributed by atoms with E-state index in [1.165, 1.54) is 5.56 Å². The lowest BCUT2D eigenvalue weighted by Crippen LogP contribution is -2.34. The van der Waals surface area contributed by atoms with E-state index >= 15 is 0 Å². The number of rotatable bonds is 10. The highest BCUT2D eigenvalue weighted by Gasteiger charge is 2.16. The van der Waals surface area contributed by atoms with Crippen LogP contribution >= 0.6 is 11.6 Å². The van der Waals surface area contributed by atoms with Crippen LogP contribution in [0, 0.1) is 5.92 Å². The van der Waals surface area contributed by atoms with Gasteiger partial charge in [0.1, 0.15) is 11.6 Å². The average molecular weight is 439 g/mol. The smallest absolute Gasteiger partial charge is 0.221 e. The Hall–Kier alpha value is -2.66. The molecular formula is C25H31ClN4O. The maximum atomic E-state index is 12.4. The highest BCUT2D eigenvalue weighted by molar-refractivity contribution is 6.31. The first-order valence-electron chi connectivity index (χ1n) is 11.0. The van der Waals surface area contributed by atoms with Gasteiger partial charge in [-0.25, -0.2) is 9.97 Å². The summed E-state index contributed by atoms with van der Waals surface area (Å²) in [4.78, 5) is 24.1. The zero-order valence-electron chi connectivity index (χ0n) is 18.6. The van der Waals surface area contributed by atoms with E-state index in [4.69, 9.17) is 16.6 Å². The van der Waals surface area contributed by atoms with Gasteiger partial charge in [0.15, 0.2) is 0 Å². The first-order valence-corrected chi connectivity index (χ1v) is 11.4. The maximum Gasteiger partial charge on any atom is 0.221 e. The number of hydrogen-bond acceptors (Lipinski definition) is 4. The number of nitrogens with zero attached hydrogens (tertiary/aromatic N) is 3. The maximum absolute atomic E-state index is 12.4. The van der Waals surface area contributed by atoms with Crippen LogP contribution in [0.3, 0.4) is 0 Å². The van der Waals surface area contributed by atoms with Gasteiger partial charge in [-0.3, -0.25) is 4.79 Å². The lowest BCUT2D eigenvalue weighted by atomic mass is 10.1. The molecule has 0 bridgehead atoms. The summed E-state index contributed by atoms with van der Waals surface area (Å²) < 4.78 is 0. The SMILES string of the molecule is CCc1nc(N(CCC(=O)NCC(C)C)CCc2ccccc2)c2ccc(Cl)cc2n1. The fourth-order valence-electron chi connectivity index (χ4n) is 3.41. The molecule has 0 radical (unpaired) electrons. The van der Waals surface area contributed by atoms with E-state index in [9.17, 15) is 4.79 Å². The van der Waals surface area contributed by atoms with Crippen LogP contribution in [0.2, 0.25) is 5.02 Å². The molecule has 1 amide bonds. The zero-order chi connectivity index (χ0) is 22.2. The van der Waals surface area contributed by atoms with Crippen molar-refractivity contribution in [1.29, 1.82) is 0 Å². The van der Waals surface area contributed by atoms with Crippen molar-refractivity contribution in [3.63, 3.8) is 0 Å². The van der Waals surface area contributed by atoms with E-state index in [1.54, 1.807) is 0 Å². The van der Waals surface area contributed by atoms with Crippen LogP contribution < -0.4 is 10.2 Å². The third kappa shape index (κ3) is 6.66. The Bertz CT molecular complexity index is 1010. The predicted octanol–water partition coefficient (Wildman–Crippen LogP) is 5.06. The number of halogens is 1. The number of nitrogens with one attached hydrogen (secondary N) is 1. The number of carbonyl (C=O) groups excluding carboxylic acids is 1. The summed E-state index contributed by atoms with van der Waals surface area (Å²) in [6.07, 6.45) is 2.02. The molecule has 6 heteroatoms. The molecular weight excluding hydrogens is 408 g/mol. The molecule has 1 N–H and O–H groups in total. The molecule has 1 aromatic heterocycles. The number of benzene rings is 2. The number of anilines is 1. The lowest BCUT2D eigenvalue weighted by Gasteiger charge is -2.25. The molecule has 3 rings (SSSR count). The molecule has 0 saturated carbocycles. The van der Waals surface area contributed by atoms with Gasteiger partial charge in [-0.05, 0) is 36.1 Å². The topological polar surface area (TPSA) is 58.1 Å². The van der Waals surface area contributed by atoms with E-state index in [0.717, 1.165) is 41.9 Å². The van der Waals surface area contributed by atoms with Gasteiger partial charge in [-0.15, -0.1) is 0 Å². The van der Waals surface area contributed by atoms with E-state index in [1.807, 2.05) is 31.2 Å². The summed E-state index contributed by atoms with van der Waals surface area (Å²) in [5.41, 5.74) is 2.09. The lowest BCUT2D eigenvalue weighted by molar-refractivity contribution is -0.121. The average Bonchev–Trinajstić information content (AvgIpc) is 2.77. The van der Waals surface area contributed by atoms with Crippen LogP contribution in [0.15, 0.2) is 48.5 Å². The van der Waals surface area contributed by atoms with Gasteiger partial charge in [-0.1, -0.05) is 62.7 Å². The Balaban J connectivity index is 1.88. The monoisotopic (exact) mass is 438 g/mol. The van der Waals surface area contributed by atoms with Crippen LogP contribution in [0.25, 0.3) is 10.9 Å². The number of aromatic nitrogens is 2. The molecule has 5 nitrogen and oxygen atoms in total. The number of amides is 1. The quantitative estimate of drug-likeness (QED) is 0.480. The van der Waals surface area contributed by atoms with Gasteiger partial charge >= 0.3 is 0 Å². The molecule has 0 aliphatic heterocycles. The second-order valence-electron chi connectivity index (χ2n) is 8.15. The fraction of sp³-hybridized carbons (Fsp3) is 0.400. The van der Waals surface area contributed by atoms with Crippen molar-refractivity contribution < 1.29 is 4.79 Å². The van der Waals surface area contributed by atoms with Gasteiger partial charge in [-0.2, -0.15) is 0 Å². The molecule has 164 valence electrons. The van der Waals surface area contributed by atoms with Crippen molar-refractivity contribution in [2.45, 2.75) is 40.0 Å². The Labute approximate surface area is 189 Å². The summed E-state index contributed by atoms with van der Waals surface area (Å²) in [6.45, 7) is 8.28. The van der Waals surface area contributed by atoms with Crippen LogP contribution in [-0.2, 0) is 17.6 Å². The van der Waals surface area contributed by atoms with E-state index < -0.39 is 0 Å². The van der Waals surface area contributed by atoms with Gasteiger partial charge in [0.25, 0.3) is 0 Å². The van der Waals surface area contributed by atoms with Crippen molar-refractivity contribution in [2.75, 3.05) is 24.5 Å². The minimum Gasteiger partial charge on any atom is -0.356 e. The summed E-state index contributed by atoms with van der Waals surface area (Å²) in [6, 6.07) is 16.1. The molecule has 0 saturated heterocycles. The number of hydrogen-bond donors (Lipinski definition) is 1. The number of carbonyl (C=O) groups is 1. The minimum absolute atomic E-state index is 0.0653. The summed E-state index contributed by atoms with van der Waals surface area (Å²) in [7, 11) is 0. The van der Waals surface area contributed by atoms with Crippen molar-refractivity contribution in [1.82, 2.24) is 15.3 Å². The van der Waals surface area contributed by atoms with Crippen molar-refractivity contribution in [2.24, 2.45) is 5.92 Å². The first-order chi connectivity index (χ1) is 15.0. The third-order valence-corrected chi connectivity index (χ3v) is 5.37. The molecule has 0 unspecified atom stereocenters. The van der Waals surface area contributed by atoms with Crippen molar-refractivity contribution >= 4 is 34.2 Å². The Morgan fingerprint density at radius 3 is 2.58 bits per heavy atom. The fourth-order valence-corrected chi connectivity index (χ4v) is 3.57. The first kappa shape index (κ1) is 23.0. The van der Waals surface area contributed by atoms with E-state index in [0.29, 0.717) is 30.5 Å². The van der Waals surface area contributed by atoms with Crippen molar-refractivity contribution in [3.8, 4) is 0 Å². The minimum atomic E-state index is 0.0653. The molecule has 0 fully saturated rings. The summed E-state index contributed by atoms with van der Waals surface area (Å²) in [5.74, 6) is 2.14. The Kier molecular flexibility index (Phi) is 8.24. The van der Waals surface area contributed by atoms with Gasteiger partial charge in [0.05, 0.1) is 5.52 Å². The van der Waals surface area contributed by atoms with Crippen LogP contribution in [0.4, 0.5) is 5.82 Å². The number of aryl methyl sites for hydroxylation is 1. The van der Waals surface area contributed by atoms with Crippen LogP contribution in [0.5, 0.6) is 0 Å². The normalized spacial score (nSPS) is 11.1. The predicted molar refractivity (Wildman–Crippen MR) is 129 cm³/mol. The molecule has 2 aromatic carbocycles. The third-order valence-electron chi connectivity index (χ3n) is 5.13. The van der Waals surface area contributed by atoms with Crippen molar-refractivity contribution in [3.05, 3.63) is 64.9 Å². The molecule has 3 aromatic rings. The number of fused-ring (bicyclic) bond motifs is 1. The van der Waals surface area contributed by atoms with E-state index in [-0.39, 0.29) is 5.91 Å². The van der Waals surface area contributed by atoms with Crippen LogP contribution in [0.1, 0.15) is 38.6 Å². The van der Waals surface area contributed by atoms with Crippen LogP contribution in [-0.4, -0.2) is 35.5 Å². The molecule has 1 heterocycles. The standard InChI is InChI=1S/C25H31ClN4O/c1-4-23-28-22-16-20(26)10-11-21(22)25(29-23)30(14-12-19-8-6-5-7-9-19)15-13-24(31)27-17-18(2)3/h5-11,16,18H,4,12-15,17H2,1-3H3,(H,27,31). The molecule has 0 spiro atoms. The van der Waals surface area contributed by atoms with E-state index in [2.05, 4.69) is 53.3 Å². The van der Waals surface area contributed by atoms with Gasteiger partial charge < -0.3 is 10.2 Å². The molecule has 0 aliphatic carbocycles. The molecule has 0 aliphatic rings. The molecule has 0 atom stereocenters. The highest BCUT2D eigenvalue weighted by atomic mass is 35.5. The van der Waals surface area contributed by atoms with Gasteiger partial charge in [0, 0.05) is 42.9 Å².